The predicted molar refractivity (Wildman–Crippen MR) is 91.7 cm³/mol. The molecule has 2 rings (SSSR count). The second-order valence-corrected chi connectivity index (χ2v) is 10.1. The number of nitrogens with zero attached hydrogens (tertiary/aromatic N) is 1. The molecule has 0 atom stereocenters. The summed E-state index contributed by atoms with van der Waals surface area (Å²) in [6, 6.07) is 2.04. The standard InChI is InChI=1S/C12H16BrN3O2S3/c1-7(2)14-6-9-4-10(11(13)20-9)21(17,18)16-12-15-5-8(3)19-12/h4-5,7,14H,6H2,1-3H3,(H,15,16). The van der Waals surface area contributed by atoms with Crippen LogP contribution in [-0.2, 0) is 16.6 Å². The van der Waals surface area contributed by atoms with E-state index in [0.29, 0.717) is 21.5 Å². The first-order chi connectivity index (χ1) is 9.78. The van der Waals surface area contributed by atoms with E-state index in [2.05, 4.69) is 31.0 Å². The molecule has 2 aromatic rings. The summed E-state index contributed by atoms with van der Waals surface area (Å²) in [5, 5.41) is 3.65. The van der Waals surface area contributed by atoms with Crippen LogP contribution in [0.25, 0.3) is 0 Å². The fourth-order valence-corrected chi connectivity index (χ4v) is 6.09. The molecular weight excluding hydrogens is 394 g/mol. The maximum Gasteiger partial charge on any atom is 0.265 e. The topological polar surface area (TPSA) is 71.1 Å². The maximum atomic E-state index is 12.4. The van der Waals surface area contributed by atoms with Crippen LogP contribution in [0, 0.1) is 6.92 Å². The molecule has 0 unspecified atom stereocenters. The number of halogens is 1. The van der Waals surface area contributed by atoms with Crippen molar-refractivity contribution in [1.29, 1.82) is 0 Å². The molecule has 2 heterocycles. The predicted octanol–water partition coefficient (Wildman–Crippen LogP) is 3.57. The van der Waals surface area contributed by atoms with E-state index >= 15 is 0 Å². The van der Waals surface area contributed by atoms with Gasteiger partial charge in [0.15, 0.2) is 5.13 Å². The largest absolute Gasteiger partial charge is 0.310 e. The molecule has 0 fully saturated rings. The molecule has 0 amide bonds. The number of nitrogens with one attached hydrogen (secondary N) is 2. The number of thiazole rings is 1. The lowest BCUT2D eigenvalue weighted by Crippen LogP contribution is -2.21. The van der Waals surface area contributed by atoms with Crippen LogP contribution in [0.5, 0.6) is 0 Å². The van der Waals surface area contributed by atoms with Gasteiger partial charge in [-0.1, -0.05) is 13.8 Å². The average Bonchev–Trinajstić information content (AvgIpc) is 2.93. The molecule has 0 aliphatic rings. The third-order valence-corrected chi connectivity index (χ3v) is 7.07. The van der Waals surface area contributed by atoms with Crippen molar-refractivity contribution in [1.82, 2.24) is 10.3 Å². The van der Waals surface area contributed by atoms with Crippen LogP contribution in [0.15, 0.2) is 20.9 Å². The van der Waals surface area contributed by atoms with Crippen molar-refractivity contribution in [2.75, 3.05) is 4.72 Å². The van der Waals surface area contributed by atoms with E-state index in [9.17, 15) is 8.42 Å². The van der Waals surface area contributed by atoms with Gasteiger partial charge < -0.3 is 5.32 Å². The smallest absolute Gasteiger partial charge is 0.265 e. The van der Waals surface area contributed by atoms with Crippen molar-refractivity contribution in [3.8, 4) is 0 Å². The molecule has 0 spiro atoms. The lowest BCUT2D eigenvalue weighted by Gasteiger charge is -2.05. The Hall–Kier alpha value is -0.480. The molecule has 0 aromatic carbocycles. The quantitative estimate of drug-likeness (QED) is 0.764. The van der Waals surface area contributed by atoms with Crippen LogP contribution in [0.4, 0.5) is 5.13 Å². The summed E-state index contributed by atoms with van der Waals surface area (Å²) in [5.74, 6) is 0. The van der Waals surface area contributed by atoms with Crippen molar-refractivity contribution < 1.29 is 8.42 Å². The molecule has 0 aliphatic heterocycles. The highest BCUT2D eigenvalue weighted by Crippen LogP contribution is 2.33. The molecule has 0 saturated carbocycles. The molecule has 5 nitrogen and oxygen atoms in total. The van der Waals surface area contributed by atoms with E-state index in [1.54, 1.807) is 12.3 Å². The average molecular weight is 410 g/mol. The zero-order valence-electron chi connectivity index (χ0n) is 11.8. The van der Waals surface area contributed by atoms with E-state index in [0.717, 1.165) is 9.75 Å². The van der Waals surface area contributed by atoms with Crippen LogP contribution in [0.3, 0.4) is 0 Å². The van der Waals surface area contributed by atoms with Crippen LogP contribution in [0.1, 0.15) is 23.6 Å². The number of hydrogen-bond acceptors (Lipinski definition) is 6. The second kappa shape index (κ2) is 6.74. The van der Waals surface area contributed by atoms with E-state index in [1.807, 2.05) is 20.8 Å². The minimum atomic E-state index is -3.61. The molecule has 0 saturated heterocycles. The minimum absolute atomic E-state index is 0.251. The number of sulfonamides is 1. The molecule has 2 N–H and O–H groups in total. The Kier molecular flexibility index (Phi) is 5.42. The van der Waals surface area contributed by atoms with E-state index in [1.165, 1.54) is 22.7 Å². The van der Waals surface area contributed by atoms with Gasteiger partial charge in [0, 0.05) is 28.5 Å². The molecule has 9 heteroatoms. The van der Waals surface area contributed by atoms with Crippen LogP contribution in [-0.4, -0.2) is 19.4 Å². The van der Waals surface area contributed by atoms with Gasteiger partial charge in [-0.15, -0.1) is 22.7 Å². The molecule has 0 bridgehead atoms. The Morgan fingerprint density at radius 1 is 1.38 bits per heavy atom. The van der Waals surface area contributed by atoms with Gasteiger partial charge in [-0.25, -0.2) is 13.4 Å². The molecule has 21 heavy (non-hydrogen) atoms. The van der Waals surface area contributed by atoms with E-state index in [4.69, 9.17) is 0 Å². The first-order valence-corrected chi connectivity index (χ1v) is 10.2. The molecule has 2 aromatic heterocycles. The van der Waals surface area contributed by atoms with Crippen LogP contribution < -0.4 is 10.0 Å². The number of aromatic nitrogens is 1. The number of aryl methyl sites for hydroxylation is 1. The third-order valence-electron chi connectivity index (χ3n) is 2.52. The van der Waals surface area contributed by atoms with Crippen molar-refractivity contribution in [3.05, 3.63) is 25.8 Å². The van der Waals surface area contributed by atoms with Gasteiger partial charge in [-0.2, -0.15) is 0 Å². The van der Waals surface area contributed by atoms with Crippen molar-refractivity contribution >= 4 is 53.8 Å². The van der Waals surface area contributed by atoms with Gasteiger partial charge in [-0.05, 0) is 28.9 Å². The lowest BCUT2D eigenvalue weighted by molar-refractivity contribution is 0.592. The van der Waals surface area contributed by atoms with E-state index < -0.39 is 10.0 Å². The van der Waals surface area contributed by atoms with Gasteiger partial charge in [0.1, 0.15) is 4.90 Å². The Balaban J connectivity index is 2.19. The fourth-order valence-electron chi connectivity index (χ4n) is 1.54. The first-order valence-electron chi connectivity index (χ1n) is 6.25. The lowest BCUT2D eigenvalue weighted by atomic mass is 10.4. The summed E-state index contributed by atoms with van der Waals surface area (Å²) >= 11 is 6.06. The number of hydrogen-bond donors (Lipinski definition) is 2. The van der Waals surface area contributed by atoms with E-state index in [-0.39, 0.29) is 4.90 Å². The van der Waals surface area contributed by atoms with Gasteiger partial charge in [-0.3, -0.25) is 4.72 Å². The molecule has 0 radical (unpaired) electrons. The first kappa shape index (κ1) is 16.9. The Morgan fingerprint density at radius 2 is 2.10 bits per heavy atom. The minimum Gasteiger partial charge on any atom is -0.310 e. The summed E-state index contributed by atoms with van der Waals surface area (Å²) in [4.78, 5) is 6.20. The SMILES string of the molecule is Cc1cnc(NS(=O)(=O)c2cc(CNC(C)C)sc2Br)s1. The molecule has 116 valence electrons. The number of anilines is 1. The van der Waals surface area contributed by atoms with Crippen molar-refractivity contribution in [2.45, 2.75) is 38.3 Å². The number of rotatable bonds is 6. The van der Waals surface area contributed by atoms with Gasteiger partial charge in [0.05, 0.1) is 3.79 Å². The third kappa shape index (κ3) is 4.49. The van der Waals surface area contributed by atoms with Crippen molar-refractivity contribution in [3.63, 3.8) is 0 Å². The summed E-state index contributed by atoms with van der Waals surface area (Å²) in [6.07, 6.45) is 1.64. The summed E-state index contributed by atoms with van der Waals surface area (Å²) < 4.78 is 27.9. The van der Waals surface area contributed by atoms with Crippen molar-refractivity contribution in [2.24, 2.45) is 0 Å². The highest BCUT2D eigenvalue weighted by Gasteiger charge is 2.22. The Bertz CT molecular complexity index is 722. The summed E-state index contributed by atoms with van der Waals surface area (Å²) in [5.41, 5.74) is 0. The van der Waals surface area contributed by atoms with Gasteiger partial charge in [0.2, 0.25) is 0 Å². The van der Waals surface area contributed by atoms with Gasteiger partial charge in [0.25, 0.3) is 10.0 Å². The van der Waals surface area contributed by atoms with Crippen LogP contribution in [0.2, 0.25) is 0 Å². The van der Waals surface area contributed by atoms with Crippen LogP contribution >= 0.6 is 38.6 Å². The summed E-state index contributed by atoms with van der Waals surface area (Å²) in [7, 11) is -3.61. The maximum absolute atomic E-state index is 12.4. The fraction of sp³-hybridized carbons (Fsp3) is 0.417. The highest BCUT2D eigenvalue weighted by atomic mass is 79.9. The van der Waals surface area contributed by atoms with Gasteiger partial charge >= 0.3 is 0 Å². The normalized spacial score (nSPS) is 12.0. The molecule has 0 aliphatic carbocycles. The summed E-state index contributed by atoms with van der Waals surface area (Å²) in [6.45, 7) is 6.62. The Labute approximate surface area is 141 Å². The number of thiophene rings is 1. The Morgan fingerprint density at radius 3 is 2.67 bits per heavy atom. The highest BCUT2D eigenvalue weighted by molar-refractivity contribution is 9.11. The monoisotopic (exact) mass is 409 g/mol. The zero-order chi connectivity index (χ0) is 15.6. The molecular formula is C12H16BrN3O2S3. The second-order valence-electron chi connectivity index (χ2n) is 4.77. The zero-order valence-corrected chi connectivity index (χ0v) is 15.8.